The van der Waals surface area contributed by atoms with Crippen LogP contribution in [0.1, 0.15) is 30.4 Å². The summed E-state index contributed by atoms with van der Waals surface area (Å²) in [4.78, 5) is 14.8. The first-order chi connectivity index (χ1) is 9.74. The number of likely N-dealkylation sites (tertiary alicyclic amines) is 1. The Morgan fingerprint density at radius 3 is 3.05 bits per heavy atom. The summed E-state index contributed by atoms with van der Waals surface area (Å²) in [5.41, 5.74) is 8.83. The molecule has 1 spiro atoms. The van der Waals surface area contributed by atoms with E-state index in [2.05, 4.69) is 29.2 Å². The molecule has 0 aromatic heterocycles. The van der Waals surface area contributed by atoms with Crippen molar-refractivity contribution in [1.82, 2.24) is 4.90 Å². The summed E-state index contributed by atoms with van der Waals surface area (Å²) in [6, 6.07) is 8.70. The zero-order chi connectivity index (χ0) is 13.7. The summed E-state index contributed by atoms with van der Waals surface area (Å²) in [6.07, 6.45) is 4.45. The molecule has 1 aromatic rings. The molecular weight excluding hydrogens is 248 g/mol. The summed E-state index contributed by atoms with van der Waals surface area (Å²) < 4.78 is 0. The Morgan fingerprint density at radius 2 is 2.25 bits per heavy atom. The molecule has 2 fully saturated rings. The molecule has 3 heteroatoms. The highest BCUT2D eigenvalue weighted by molar-refractivity contribution is 5.85. The molecule has 2 aliphatic carbocycles. The van der Waals surface area contributed by atoms with E-state index in [1.807, 2.05) is 0 Å². The fourth-order valence-corrected chi connectivity index (χ4v) is 4.36. The minimum atomic E-state index is 0.189. The highest BCUT2D eigenvalue weighted by atomic mass is 16.2. The number of carbonyl (C=O) groups is 1. The number of aryl methyl sites for hydroxylation is 1. The Kier molecular flexibility index (Phi) is 2.68. The monoisotopic (exact) mass is 270 g/mol. The van der Waals surface area contributed by atoms with Gasteiger partial charge in [-0.05, 0) is 49.3 Å². The first-order valence-electron chi connectivity index (χ1n) is 7.82. The maximum Gasteiger partial charge on any atom is 0.226 e. The lowest BCUT2D eigenvalue weighted by Crippen LogP contribution is -2.33. The van der Waals surface area contributed by atoms with Crippen LogP contribution < -0.4 is 5.73 Å². The summed E-state index contributed by atoms with van der Waals surface area (Å²) in [6.45, 7) is 2.50. The zero-order valence-corrected chi connectivity index (χ0v) is 11.8. The molecule has 2 N–H and O–H groups in total. The lowest BCUT2D eigenvalue weighted by Gasteiger charge is -2.19. The average Bonchev–Trinajstić information content (AvgIpc) is 2.84. The van der Waals surface area contributed by atoms with Crippen molar-refractivity contribution in [2.45, 2.75) is 31.1 Å². The molecule has 4 rings (SSSR count). The molecule has 3 aliphatic rings. The van der Waals surface area contributed by atoms with E-state index in [1.165, 1.54) is 11.1 Å². The summed E-state index contributed by atoms with van der Waals surface area (Å²) in [5, 5.41) is 0. The molecule has 1 heterocycles. The molecule has 3 atom stereocenters. The predicted octanol–water partition coefficient (Wildman–Crippen LogP) is 1.70. The zero-order valence-electron chi connectivity index (χ0n) is 11.8. The lowest BCUT2D eigenvalue weighted by atomic mass is 9.95. The van der Waals surface area contributed by atoms with Crippen LogP contribution in [0, 0.1) is 11.8 Å². The van der Waals surface area contributed by atoms with Crippen molar-refractivity contribution in [2.75, 3.05) is 19.6 Å². The van der Waals surface area contributed by atoms with E-state index in [0.717, 1.165) is 38.8 Å². The van der Waals surface area contributed by atoms with Gasteiger partial charge in [-0.3, -0.25) is 4.79 Å². The van der Waals surface area contributed by atoms with Crippen LogP contribution in [0.2, 0.25) is 0 Å². The normalized spacial score (nSPS) is 34.5. The summed E-state index contributed by atoms with van der Waals surface area (Å²) in [7, 11) is 0. The van der Waals surface area contributed by atoms with E-state index in [1.54, 1.807) is 0 Å². The van der Waals surface area contributed by atoms with Crippen molar-refractivity contribution >= 4 is 5.91 Å². The first kappa shape index (κ1) is 12.4. The first-order valence-corrected chi connectivity index (χ1v) is 7.82. The van der Waals surface area contributed by atoms with Crippen molar-refractivity contribution in [2.24, 2.45) is 17.6 Å². The highest BCUT2D eigenvalue weighted by Gasteiger charge is 2.62. The van der Waals surface area contributed by atoms with Crippen LogP contribution in [0.25, 0.3) is 0 Å². The third-order valence-electron chi connectivity index (χ3n) is 5.70. The molecule has 20 heavy (non-hydrogen) atoms. The molecule has 1 amide bonds. The third kappa shape index (κ3) is 1.65. The van der Waals surface area contributed by atoms with Crippen LogP contribution in [-0.2, 0) is 16.6 Å². The number of amides is 1. The number of nitrogens with zero attached hydrogens (tertiary/aromatic N) is 1. The van der Waals surface area contributed by atoms with Gasteiger partial charge in [0.1, 0.15) is 0 Å². The van der Waals surface area contributed by atoms with Crippen molar-refractivity contribution in [3.05, 3.63) is 35.4 Å². The second kappa shape index (κ2) is 4.32. The van der Waals surface area contributed by atoms with E-state index in [0.29, 0.717) is 18.4 Å². The number of hydrogen-bond acceptors (Lipinski definition) is 2. The largest absolute Gasteiger partial charge is 0.342 e. The van der Waals surface area contributed by atoms with Gasteiger partial charge in [0.15, 0.2) is 0 Å². The Morgan fingerprint density at radius 1 is 1.40 bits per heavy atom. The Hall–Kier alpha value is -1.35. The number of benzene rings is 1. The smallest absolute Gasteiger partial charge is 0.226 e. The van der Waals surface area contributed by atoms with Crippen LogP contribution >= 0.6 is 0 Å². The number of carbonyl (C=O) groups excluding carboxylic acids is 1. The third-order valence-corrected chi connectivity index (χ3v) is 5.70. The van der Waals surface area contributed by atoms with E-state index in [9.17, 15) is 4.79 Å². The number of rotatable bonds is 2. The molecule has 1 aliphatic heterocycles. The summed E-state index contributed by atoms with van der Waals surface area (Å²) in [5.74, 6) is 1.14. The van der Waals surface area contributed by atoms with E-state index in [4.69, 9.17) is 5.73 Å². The molecule has 106 valence electrons. The van der Waals surface area contributed by atoms with Gasteiger partial charge in [-0.15, -0.1) is 0 Å². The van der Waals surface area contributed by atoms with Gasteiger partial charge >= 0.3 is 0 Å². The van der Waals surface area contributed by atoms with Crippen molar-refractivity contribution < 1.29 is 4.79 Å². The van der Waals surface area contributed by atoms with Gasteiger partial charge in [0.2, 0.25) is 5.91 Å². The van der Waals surface area contributed by atoms with Crippen molar-refractivity contribution in [1.29, 1.82) is 0 Å². The Balaban J connectivity index is 1.52. The Bertz CT molecular complexity index is 556. The van der Waals surface area contributed by atoms with E-state index < -0.39 is 0 Å². The topological polar surface area (TPSA) is 46.3 Å². The number of fused-ring (bicyclic) bond motifs is 2. The van der Waals surface area contributed by atoms with Gasteiger partial charge < -0.3 is 10.6 Å². The van der Waals surface area contributed by atoms with Gasteiger partial charge in [0.25, 0.3) is 0 Å². The van der Waals surface area contributed by atoms with Gasteiger partial charge in [0, 0.05) is 24.4 Å². The number of hydrogen-bond donors (Lipinski definition) is 1. The molecule has 1 saturated heterocycles. The predicted molar refractivity (Wildman–Crippen MR) is 78.3 cm³/mol. The molecule has 0 bridgehead atoms. The molecular formula is C17H22N2O. The van der Waals surface area contributed by atoms with Crippen LogP contribution in [0.15, 0.2) is 24.3 Å². The maximum atomic E-state index is 12.7. The Labute approximate surface area is 120 Å². The molecule has 1 saturated carbocycles. The lowest BCUT2D eigenvalue weighted by molar-refractivity contribution is -0.132. The van der Waals surface area contributed by atoms with Gasteiger partial charge in [-0.25, -0.2) is 0 Å². The van der Waals surface area contributed by atoms with Crippen LogP contribution in [-0.4, -0.2) is 30.4 Å². The molecule has 3 unspecified atom stereocenters. The summed E-state index contributed by atoms with van der Waals surface area (Å²) >= 11 is 0. The maximum absolute atomic E-state index is 12.7. The second-order valence-corrected chi connectivity index (χ2v) is 6.74. The molecule has 1 aromatic carbocycles. The quantitative estimate of drug-likeness (QED) is 0.889. The van der Waals surface area contributed by atoms with Gasteiger partial charge in [-0.1, -0.05) is 24.3 Å². The number of nitrogens with two attached hydrogens (primary N) is 1. The highest BCUT2D eigenvalue weighted by Crippen LogP contribution is 2.62. The van der Waals surface area contributed by atoms with Crippen LogP contribution in [0.5, 0.6) is 0 Å². The van der Waals surface area contributed by atoms with Crippen molar-refractivity contribution in [3.8, 4) is 0 Å². The van der Waals surface area contributed by atoms with E-state index >= 15 is 0 Å². The SMILES string of the molecule is NCC1CCN(C(=O)C2CC23CCc2ccccc23)C1. The standard InChI is InChI=1S/C17H22N2O/c18-10-12-6-8-19(11-12)16(20)15-9-17(15)7-5-13-3-1-2-4-14(13)17/h1-4,12,15H,5-11,18H2. The van der Waals surface area contributed by atoms with Crippen molar-refractivity contribution in [3.63, 3.8) is 0 Å². The molecule has 3 nitrogen and oxygen atoms in total. The van der Waals surface area contributed by atoms with E-state index in [-0.39, 0.29) is 11.3 Å². The minimum absolute atomic E-state index is 0.189. The molecule has 0 radical (unpaired) electrons. The van der Waals surface area contributed by atoms with Crippen LogP contribution in [0.4, 0.5) is 0 Å². The fourth-order valence-electron chi connectivity index (χ4n) is 4.36. The fraction of sp³-hybridized carbons (Fsp3) is 0.588. The van der Waals surface area contributed by atoms with Gasteiger partial charge in [0.05, 0.1) is 0 Å². The van der Waals surface area contributed by atoms with Crippen LogP contribution in [0.3, 0.4) is 0 Å². The van der Waals surface area contributed by atoms with Gasteiger partial charge in [-0.2, -0.15) is 0 Å². The average molecular weight is 270 g/mol. The second-order valence-electron chi connectivity index (χ2n) is 6.74. The minimum Gasteiger partial charge on any atom is -0.342 e.